The minimum atomic E-state index is 0.631. The number of rotatable bonds is 6. The summed E-state index contributed by atoms with van der Waals surface area (Å²) in [6.45, 7) is 7.23. The molecule has 0 radical (unpaired) electrons. The zero-order chi connectivity index (χ0) is 15.8. The Bertz CT molecular complexity index is 455. The summed E-state index contributed by atoms with van der Waals surface area (Å²) in [5.74, 6) is 1.71. The van der Waals surface area contributed by atoms with E-state index in [9.17, 15) is 0 Å². The van der Waals surface area contributed by atoms with Gasteiger partial charge in [0.1, 0.15) is 0 Å². The fourth-order valence-corrected chi connectivity index (χ4v) is 2.95. The molecular formula is C18H30N4. The quantitative estimate of drug-likeness (QED) is 0.497. The van der Waals surface area contributed by atoms with Crippen LogP contribution in [-0.2, 0) is 0 Å². The van der Waals surface area contributed by atoms with Gasteiger partial charge in [-0.2, -0.15) is 0 Å². The standard InChI is InChI=1S/C18H30N4/c1-4-19-18(20-12-8-13-21(2)3)22-14-11-17(15-22)16-9-6-5-7-10-16/h5-7,9-10,17H,4,8,11-15H2,1-3H3,(H,19,20). The normalized spacial score (nSPS) is 19.0. The van der Waals surface area contributed by atoms with Gasteiger partial charge in [0.05, 0.1) is 0 Å². The highest BCUT2D eigenvalue weighted by atomic mass is 15.3. The highest BCUT2D eigenvalue weighted by Gasteiger charge is 2.25. The lowest BCUT2D eigenvalue weighted by molar-refractivity contribution is 0.402. The number of aliphatic imine (C=N–C) groups is 1. The molecule has 122 valence electrons. The lowest BCUT2D eigenvalue weighted by Crippen LogP contribution is -2.40. The summed E-state index contributed by atoms with van der Waals surface area (Å²) in [5, 5.41) is 3.45. The molecule has 1 aromatic rings. The van der Waals surface area contributed by atoms with Crippen LogP contribution < -0.4 is 5.32 Å². The average Bonchev–Trinajstić information content (AvgIpc) is 3.01. The molecule has 1 aliphatic rings. The molecule has 1 unspecified atom stereocenters. The number of nitrogens with zero attached hydrogens (tertiary/aromatic N) is 3. The lowest BCUT2D eigenvalue weighted by atomic mass is 9.99. The second-order valence-electron chi connectivity index (χ2n) is 6.23. The summed E-state index contributed by atoms with van der Waals surface area (Å²) >= 11 is 0. The Kier molecular flexibility index (Phi) is 6.72. The summed E-state index contributed by atoms with van der Waals surface area (Å²) in [7, 11) is 4.22. The predicted molar refractivity (Wildman–Crippen MR) is 94.5 cm³/mol. The predicted octanol–water partition coefficient (Wildman–Crippen LogP) is 2.39. The van der Waals surface area contributed by atoms with Crippen LogP contribution in [0.5, 0.6) is 0 Å². The van der Waals surface area contributed by atoms with Crippen molar-refractivity contribution in [3.63, 3.8) is 0 Å². The highest BCUT2D eigenvalue weighted by molar-refractivity contribution is 5.80. The maximum absolute atomic E-state index is 4.80. The van der Waals surface area contributed by atoms with Gasteiger partial charge in [-0.05, 0) is 46.0 Å². The largest absolute Gasteiger partial charge is 0.357 e. The Balaban J connectivity index is 1.91. The van der Waals surface area contributed by atoms with Gasteiger partial charge in [-0.15, -0.1) is 0 Å². The fourth-order valence-electron chi connectivity index (χ4n) is 2.95. The first-order valence-corrected chi connectivity index (χ1v) is 8.43. The van der Waals surface area contributed by atoms with Crippen LogP contribution in [0.15, 0.2) is 35.3 Å². The van der Waals surface area contributed by atoms with Gasteiger partial charge in [-0.3, -0.25) is 4.99 Å². The van der Waals surface area contributed by atoms with E-state index in [1.807, 2.05) is 0 Å². The zero-order valence-electron chi connectivity index (χ0n) is 14.3. The van der Waals surface area contributed by atoms with Crippen molar-refractivity contribution in [1.82, 2.24) is 15.1 Å². The van der Waals surface area contributed by atoms with Crippen LogP contribution in [0.3, 0.4) is 0 Å². The van der Waals surface area contributed by atoms with Crippen LogP contribution in [0.1, 0.15) is 31.2 Å². The van der Waals surface area contributed by atoms with E-state index < -0.39 is 0 Å². The third kappa shape index (κ3) is 5.02. The number of hydrogen-bond acceptors (Lipinski definition) is 2. The number of likely N-dealkylation sites (tertiary alicyclic amines) is 1. The third-order valence-electron chi connectivity index (χ3n) is 4.12. The minimum absolute atomic E-state index is 0.631. The number of nitrogens with one attached hydrogen (secondary N) is 1. The van der Waals surface area contributed by atoms with Crippen molar-refractivity contribution in [2.75, 3.05) is 46.8 Å². The summed E-state index contributed by atoms with van der Waals surface area (Å²) in [6.07, 6.45) is 2.32. The second kappa shape index (κ2) is 8.79. The van der Waals surface area contributed by atoms with Gasteiger partial charge in [0.25, 0.3) is 0 Å². The van der Waals surface area contributed by atoms with Crippen LogP contribution in [-0.4, -0.2) is 62.6 Å². The van der Waals surface area contributed by atoms with Crippen LogP contribution in [0.4, 0.5) is 0 Å². The number of benzene rings is 1. The Labute approximate surface area is 135 Å². The summed E-state index contributed by atoms with van der Waals surface area (Å²) in [4.78, 5) is 9.43. The third-order valence-corrected chi connectivity index (χ3v) is 4.12. The molecular weight excluding hydrogens is 272 g/mol. The molecule has 22 heavy (non-hydrogen) atoms. The van der Waals surface area contributed by atoms with Gasteiger partial charge >= 0.3 is 0 Å². The molecule has 1 heterocycles. The van der Waals surface area contributed by atoms with Gasteiger partial charge in [0.15, 0.2) is 5.96 Å². The molecule has 0 spiro atoms. The van der Waals surface area contributed by atoms with Crippen molar-refractivity contribution in [3.05, 3.63) is 35.9 Å². The van der Waals surface area contributed by atoms with Gasteiger partial charge in [0, 0.05) is 32.1 Å². The van der Waals surface area contributed by atoms with Crippen molar-refractivity contribution in [2.24, 2.45) is 4.99 Å². The molecule has 0 aromatic heterocycles. The van der Waals surface area contributed by atoms with E-state index in [-0.39, 0.29) is 0 Å². The molecule has 0 saturated carbocycles. The van der Waals surface area contributed by atoms with E-state index in [1.54, 1.807) is 0 Å². The van der Waals surface area contributed by atoms with Gasteiger partial charge in [-0.25, -0.2) is 0 Å². The molecule has 2 rings (SSSR count). The first kappa shape index (κ1) is 16.8. The lowest BCUT2D eigenvalue weighted by Gasteiger charge is -2.22. The monoisotopic (exact) mass is 302 g/mol. The van der Waals surface area contributed by atoms with E-state index >= 15 is 0 Å². The maximum atomic E-state index is 4.80. The molecule has 1 N–H and O–H groups in total. The topological polar surface area (TPSA) is 30.9 Å². The minimum Gasteiger partial charge on any atom is -0.357 e. The molecule has 4 nitrogen and oxygen atoms in total. The van der Waals surface area contributed by atoms with E-state index in [4.69, 9.17) is 4.99 Å². The molecule has 1 saturated heterocycles. The van der Waals surface area contributed by atoms with E-state index in [0.717, 1.165) is 45.1 Å². The van der Waals surface area contributed by atoms with Crippen molar-refractivity contribution >= 4 is 5.96 Å². The summed E-state index contributed by atoms with van der Waals surface area (Å²) < 4.78 is 0. The van der Waals surface area contributed by atoms with Crippen molar-refractivity contribution in [3.8, 4) is 0 Å². The first-order chi connectivity index (χ1) is 10.7. The average molecular weight is 302 g/mol. The smallest absolute Gasteiger partial charge is 0.193 e. The van der Waals surface area contributed by atoms with E-state index in [2.05, 4.69) is 66.5 Å². The highest BCUT2D eigenvalue weighted by Crippen LogP contribution is 2.26. The van der Waals surface area contributed by atoms with Crippen LogP contribution in [0.2, 0.25) is 0 Å². The molecule has 0 amide bonds. The number of guanidine groups is 1. The Hall–Kier alpha value is -1.55. The summed E-state index contributed by atoms with van der Waals surface area (Å²) in [6, 6.07) is 10.9. The summed E-state index contributed by atoms with van der Waals surface area (Å²) in [5.41, 5.74) is 1.45. The van der Waals surface area contributed by atoms with Crippen molar-refractivity contribution in [1.29, 1.82) is 0 Å². The Morgan fingerprint density at radius 1 is 1.32 bits per heavy atom. The number of hydrogen-bond donors (Lipinski definition) is 1. The first-order valence-electron chi connectivity index (χ1n) is 8.43. The van der Waals surface area contributed by atoms with Gasteiger partial charge in [-0.1, -0.05) is 30.3 Å². The molecule has 1 atom stereocenters. The van der Waals surface area contributed by atoms with E-state index in [0.29, 0.717) is 5.92 Å². The SMILES string of the molecule is CCNC(=NCCCN(C)C)N1CCC(c2ccccc2)C1. The van der Waals surface area contributed by atoms with Crippen molar-refractivity contribution < 1.29 is 0 Å². The van der Waals surface area contributed by atoms with E-state index in [1.165, 1.54) is 12.0 Å². The van der Waals surface area contributed by atoms with Gasteiger partial charge < -0.3 is 15.1 Å². The zero-order valence-corrected chi connectivity index (χ0v) is 14.3. The van der Waals surface area contributed by atoms with Crippen LogP contribution in [0.25, 0.3) is 0 Å². The molecule has 1 fully saturated rings. The molecule has 0 aliphatic carbocycles. The van der Waals surface area contributed by atoms with Crippen molar-refractivity contribution in [2.45, 2.75) is 25.7 Å². The Morgan fingerprint density at radius 2 is 2.09 bits per heavy atom. The molecule has 1 aliphatic heterocycles. The molecule has 0 bridgehead atoms. The fraction of sp³-hybridized carbons (Fsp3) is 0.611. The van der Waals surface area contributed by atoms with Crippen LogP contribution in [0, 0.1) is 0 Å². The van der Waals surface area contributed by atoms with Crippen LogP contribution >= 0.6 is 0 Å². The Morgan fingerprint density at radius 3 is 2.77 bits per heavy atom. The maximum Gasteiger partial charge on any atom is 0.193 e. The molecule has 4 heteroatoms. The van der Waals surface area contributed by atoms with Gasteiger partial charge in [0.2, 0.25) is 0 Å². The molecule has 1 aromatic carbocycles. The second-order valence-corrected chi connectivity index (χ2v) is 6.23.